The van der Waals surface area contributed by atoms with Gasteiger partial charge in [0, 0.05) is 31.4 Å². The van der Waals surface area contributed by atoms with E-state index in [4.69, 9.17) is 16.3 Å². The quantitative estimate of drug-likeness (QED) is 0.424. The zero-order chi connectivity index (χ0) is 14.6. The van der Waals surface area contributed by atoms with Crippen LogP contribution in [0.4, 0.5) is 0 Å². The summed E-state index contributed by atoms with van der Waals surface area (Å²) in [6.07, 6.45) is 5.30. The van der Waals surface area contributed by atoms with Crippen molar-refractivity contribution in [1.82, 2.24) is 10.2 Å². The lowest BCUT2D eigenvalue weighted by atomic mass is 10.0. The van der Waals surface area contributed by atoms with Gasteiger partial charge in [0.05, 0.1) is 12.5 Å². The highest BCUT2D eigenvalue weighted by Gasteiger charge is 2.52. The Morgan fingerprint density at radius 3 is 3.05 bits per heavy atom. The van der Waals surface area contributed by atoms with Gasteiger partial charge >= 0.3 is 5.97 Å². The molecule has 5 heteroatoms. The third-order valence-electron chi connectivity index (χ3n) is 4.51. The van der Waals surface area contributed by atoms with Gasteiger partial charge in [0.2, 0.25) is 0 Å². The van der Waals surface area contributed by atoms with Gasteiger partial charge in [-0.25, -0.2) is 0 Å². The standard InChI is InChI=1S/C15H27ClN2O2/c1-3-4-5-6-12(2)14(19)20-15-9-13(10-17-15)18(11-15)8-7-16/h12-13,17H,3-11H2,1-2H3. The molecule has 2 heterocycles. The number of nitrogens with zero attached hydrogens (tertiary/aromatic N) is 1. The first-order valence-corrected chi connectivity index (χ1v) is 8.41. The molecule has 116 valence electrons. The highest BCUT2D eigenvalue weighted by Crippen LogP contribution is 2.34. The number of esters is 1. The monoisotopic (exact) mass is 302 g/mol. The minimum atomic E-state index is -0.452. The van der Waals surface area contributed by atoms with Crippen LogP contribution in [0.2, 0.25) is 0 Å². The predicted molar refractivity (Wildman–Crippen MR) is 80.8 cm³/mol. The Morgan fingerprint density at radius 1 is 1.55 bits per heavy atom. The minimum absolute atomic E-state index is 0.00106. The molecule has 4 nitrogen and oxygen atoms in total. The van der Waals surface area contributed by atoms with Gasteiger partial charge in [0.1, 0.15) is 0 Å². The summed E-state index contributed by atoms with van der Waals surface area (Å²) in [6.45, 7) is 6.70. The first kappa shape index (κ1) is 16.1. The average Bonchev–Trinajstić information content (AvgIpc) is 2.96. The lowest BCUT2D eigenvalue weighted by molar-refractivity contribution is -0.166. The van der Waals surface area contributed by atoms with E-state index in [1.807, 2.05) is 6.92 Å². The molecule has 0 radical (unpaired) electrons. The first-order chi connectivity index (χ1) is 9.60. The number of ether oxygens (including phenoxy) is 1. The second-order valence-corrected chi connectivity index (χ2v) is 6.59. The van der Waals surface area contributed by atoms with Crippen molar-refractivity contribution in [3.63, 3.8) is 0 Å². The van der Waals surface area contributed by atoms with Crippen molar-refractivity contribution >= 4 is 17.6 Å². The maximum atomic E-state index is 12.2. The number of carbonyl (C=O) groups is 1. The molecule has 0 aromatic heterocycles. The Balaban J connectivity index is 1.82. The van der Waals surface area contributed by atoms with Crippen LogP contribution in [0, 0.1) is 5.92 Å². The Bertz CT molecular complexity index is 340. The first-order valence-electron chi connectivity index (χ1n) is 7.88. The third kappa shape index (κ3) is 3.66. The fourth-order valence-corrected chi connectivity index (χ4v) is 3.47. The van der Waals surface area contributed by atoms with Gasteiger partial charge in [-0.2, -0.15) is 0 Å². The van der Waals surface area contributed by atoms with E-state index in [2.05, 4.69) is 17.1 Å². The highest BCUT2D eigenvalue weighted by atomic mass is 35.5. The van der Waals surface area contributed by atoms with Crippen molar-refractivity contribution < 1.29 is 9.53 Å². The Kier molecular flexibility index (Phi) is 5.70. The number of nitrogens with one attached hydrogen (secondary N) is 1. The van der Waals surface area contributed by atoms with E-state index >= 15 is 0 Å². The molecule has 2 aliphatic heterocycles. The number of fused-ring (bicyclic) bond motifs is 2. The van der Waals surface area contributed by atoms with Crippen molar-refractivity contribution in [2.24, 2.45) is 5.92 Å². The fourth-order valence-electron chi connectivity index (χ4n) is 3.26. The number of alkyl halides is 1. The van der Waals surface area contributed by atoms with Crippen LogP contribution in [0.25, 0.3) is 0 Å². The van der Waals surface area contributed by atoms with E-state index < -0.39 is 5.72 Å². The Morgan fingerprint density at radius 2 is 2.35 bits per heavy atom. The van der Waals surface area contributed by atoms with Crippen molar-refractivity contribution in [2.75, 3.05) is 25.5 Å². The van der Waals surface area contributed by atoms with Gasteiger partial charge in [0.25, 0.3) is 0 Å². The summed E-state index contributed by atoms with van der Waals surface area (Å²) in [7, 11) is 0. The van der Waals surface area contributed by atoms with Crippen LogP contribution < -0.4 is 5.32 Å². The molecule has 0 amide bonds. The Hall–Kier alpha value is -0.320. The number of halogens is 1. The number of unbranched alkanes of at least 4 members (excludes halogenated alkanes) is 2. The molecule has 20 heavy (non-hydrogen) atoms. The van der Waals surface area contributed by atoms with Crippen LogP contribution in [-0.4, -0.2) is 48.2 Å². The summed E-state index contributed by atoms with van der Waals surface area (Å²) < 4.78 is 5.82. The predicted octanol–water partition coefficient (Wildman–Crippen LogP) is 2.36. The lowest BCUT2D eigenvalue weighted by Gasteiger charge is -2.33. The molecular formula is C15H27ClN2O2. The van der Waals surface area contributed by atoms with Crippen LogP contribution in [0.1, 0.15) is 46.0 Å². The number of piperazine rings is 1. The topological polar surface area (TPSA) is 41.6 Å². The average molecular weight is 303 g/mol. The summed E-state index contributed by atoms with van der Waals surface area (Å²) in [5.74, 6) is 0.578. The van der Waals surface area contributed by atoms with Crippen LogP contribution in [0.5, 0.6) is 0 Å². The smallest absolute Gasteiger partial charge is 0.310 e. The maximum absolute atomic E-state index is 12.2. The molecule has 0 aromatic carbocycles. The van der Waals surface area contributed by atoms with Gasteiger partial charge in [0.15, 0.2) is 5.72 Å². The van der Waals surface area contributed by atoms with Crippen molar-refractivity contribution in [2.45, 2.75) is 57.7 Å². The van der Waals surface area contributed by atoms with Crippen molar-refractivity contribution in [1.29, 1.82) is 0 Å². The maximum Gasteiger partial charge on any atom is 0.310 e. The molecule has 2 aliphatic rings. The zero-order valence-corrected chi connectivity index (χ0v) is 13.4. The molecule has 1 N–H and O–H groups in total. The van der Waals surface area contributed by atoms with Gasteiger partial charge in [-0.1, -0.05) is 33.1 Å². The molecule has 2 bridgehead atoms. The van der Waals surface area contributed by atoms with Crippen LogP contribution in [0.3, 0.4) is 0 Å². The van der Waals surface area contributed by atoms with E-state index in [0.717, 1.165) is 38.9 Å². The molecule has 0 aromatic rings. The third-order valence-corrected chi connectivity index (χ3v) is 4.68. The molecule has 0 saturated carbocycles. The molecular weight excluding hydrogens is 276 g/mol. The van der Waals surface area contributed by atoms with Gasteiger partial charge in [-0.3, -0.25) is 15.0 Å². The number of hydrogen-bond donors (Lipinski definition) is 1. The van der Waals surface area contributed by atoms with Gasteiger partial charge in [-0.15, -0.1) is 11.6 Å². The van der Waals surface area contributed by atoms with E-state index in [9.17, 15) is 4.79 Å². The summed E-state index contributed by atoms with van der Waals surface area (Å²) >= 11 is 5.82. The number of carbonyl (C=O) groups excluding carboxylic acids is 1. The van der Waals surface area contributed by atoms with E-state index in [-0.39, 0.29) is 11.9 Å². The summed E-state index contributed by atoms with van der Waals surface area (Å²) in [5, 5.41) is 3.38. The van der Waals surface area contributed by atoms with Gasteiger partial charge in [-0.05, 0) is 6.42 Å². The summed E-state index contributed by atoms with van der Waals surface area (Å²) in [4.78, 5) is 14.6. The normalized spacial score (nSPS) is 30.6. The van der Waals surface area contributed by atoms with Crippen LogP contribution >= 0.6 is 11.6 Å². The molecule has 2 saturated heterocycles. The molecule has 3 atom stereocenters. The molecule has 2 rings (SSSR count). The SMILES string of the molecule is CCCCCC(C)C(=O)OC12CC(CN1)N(CCCl)C2. The van der Waals surface area contributed by atoms with E-state index in [1.54, 1.807) is 0 Å². The Labute approximate surface area is 127 Å². The van der Waals surface area contributed by atoms with Crippen LogP contribution in [0.15, 0.2) is 0 Å². The zero-order valence-electron chi connectivity index (χ0n) is 12.7. The lowest BCUT2D eigenvalue weighted by Crippen LogP contribution is -2.54. The van der Waals surface area contributed by atoms with Crippen molar-refractivity contribution in [3.8, 4) is 0 Å². The molecule has 3 unspecified atom stereocenters. The highest BCUT2D eigenvalue weighted by molar-refractivity contribution is 6.18. The molecule has 0 aliphatic carbocycles. The number of hydrogen-bond acceptors (Lipinski definition) is 4. The van der Waals surface area contributed by atoms with Gasteiger partial charge < -0.3 is 4.74 Å². The molecule has 0 spiro atoms. The second-order valence-electron chi connectivity index (χ2n) is 6.21. The van der Waals surface area contributed by atoms with Crippen molar-refractivity contribution in [3.05, 3.63) is 0 Å². The second kappa shape index (κ2) is 7.10. The fraction of sp³-hybridized carbons (Fsp3) is 0.933. The summed E-state index contributed by atoms with van der Waals surface area (Å²) in [6, 6.07) is 0.469. The largest absolute Gasteiger partial charge is 0.442 e. The van der Waals surface area contributed by atoms with E-state index in [0.29, 0.717) is 11.9 Å². The molecule has 2 fully saturated rings. The summed E-state index contributed by atoms with van der Waals surface area (Å²) in [5.41, 5.74) is -0.452. The number of likely N-dealkylation sites (tertiary alicyclic amines) is 1. The van der Waals surface area contributed by atoms with Crippen LogP contribution in [-0.2, 0) is 9.53 Å². The number of rotatable bonds is 8. The minimum Gasteiger partial charge on any atom is -0.442 e. The van der Waals surface area contributed by atoms with E-state index in [1.165, 1.54) is 12.8 Å².